The quantitative estimate of drug-likeness (QED) is 0.746. The van der Waals surface area contributed by atoms with Crippen molar-refractivity contribution in [2.24, 2.45) is 0 Å². The van der Waals surface area contributed by atoms with Crippen LogP contribution in [0.3, 0.4) is 0 Å². The van der Waals surface area contributed by atoms with Gasteiger partial charge in [-0.15, -0.1) is 0 Å². The molecule has 0 aliphatic rings. The van der Waals surface area contributed by atoms with E-state index in [0.717, 1.165) is 0 Å². The van der Waals surface area contributed by atoms with Gasteiger partial charge in [0.05, 0.1) is 19.3 Å². The lowest BCUT2D eigenvalue weighted by Gasteiger charge is -2.22. The summed E-state index contributed by atoms with van der Waals surface area (Å²) in [6, 6.07) is 6.06. The third kappa shape index (κ3) is 4.64. The maximum atomic E-state index is 11.9. The van der Waals surface area contributed by atoms with E-state index < -0.39 is 11.6 Å². The van der Waals surface area contributed by atoms with Crippen molar-refractivity contribution in [2.45, 2.75) is 12.5 Å². The van der Waals surface area contributed by atoms with Crippen LogP contribution in [0.15, 0.2) is 24.3 Å². The summed E-state index contributed by atoms with van der Waals surface area (Å²) in [7, 11) is 2.77. The molecule has 110 valence electrons. The van der Waals surface area contributed by atoms with Gasteiger partial charge < -0.3 is 19.9 Å². The molecule has 0 aromatic heterocycles. The molecular formula is C14H19NO5. The van der Waals surface area contributed by atoms with Crippen molar-refractivity contribution in [1.29, 1.82) is 0 Å². The molecule has 0 fully saturated rings. The van der Waals surface area contributed by atoms with Gasteiger partial charge in [0.25, 0.3) is 5.91 Å². The molecule has 0 aliphatic heterocycles. The molecule has 0 heterocycles. The topological polar surface area (TPSA) is 84.9 Å². The first kappa shape index (κ1) is 16.1. The van der Waals surface area contributed by atoms with Crippen LogP contribution in [0.5, 0.6) is 0 Å². The lowest BCUT2D eigenvalue weighted by atomic mass is 10.1. The van der Waals surface area contributed by atoms with Crippen molar-refractivity contribution >= 4 is 11.9 Å². The van der Waals surface area contributed by atoms with Crippen molar-refractivity contribution in [3.8, 4) is 0 Å². The number of esters is 1. The Bertz CT molecular complexity index is 467. The van der Waals surface area contributed by atoms with E-state index in [2.05, 4.69) is 10.1 Å². The van der Waals surface area contributed by atoms with Crippen LogP contribution in [0.25, 0.3) is 0 Å². The minimum absolute atomic E-state index is 0.0679. The predicted molar refractivity (Wildman–Crippen MR) is 72.6 cm³/mol. The van der Waals surface area contributed by atoms with Crippen LogP contribution in [0.2, 0.25) is 0 Å². The first-order valence-electron chi connectivity index (χ1n) is 6.07. The van der Waals surface area contributed by atoms with E-state index in [-0.39, 0.29) is 19.1 Å². The minimum atomic E-state index is -1.13. The molecule has 0 bridgehead atoms. The van der Waals surface area contributed by atoms with Gasteiger partial charge >= 0.3 is 5.97 Å². The van der Waals surface area contributed by atoms with Crippen LogP contribution in [0, 0.1) is 0 Å². The van der Waals surface area contributed by atoms with Gasteiger partial charge in [-0.3, -0.25) is 4.79 Å². The number of methoxy groups -OCH3 is 2. The summed E-state index contributed by atoms with van der Waals surface area (Å²) < 4.78 is 9.42. The number of carbonyl (C=O) groups excluding carboxylic acids is 2. The van der Waals surface area contributed by atoms with E-state index >= 15 is 0 Å². The summed E-state index contributed by atoms with van der Waals surface area (Å²) in [5, 5.41) is 12.5. The van der Waals surface area contributed by atoms with Gasteiger partial charge in [0.2, 0.25) is 0 Å². The highest BCUT2D eigenvalue weighted by atomic mass is 16.5. The number of carbonyl (C=O) groups is 2. The summed E-state index contributed by atoms with van der Waals surface area (Å²) in [5.41, 5.74) is -0.364. The Labute approximate surface area is 117 Å². The fourth-order valence-electron chi connectivity index (χ4n) is 1.61. The molecule has 1 atom stereocenters. The molecule has 1 aromatic rings. The van der Waals surface area contributed by atoms with Crippen molar-refractivity contribution in [3.63, 3.8) is 0 Å². The number of nitrogens with one attached hydrogen (secondary N) is 1. The smallest absolute Gasteiger partial charge is 0.337 e. The van der Waals surface area contributed by atoms with Gasteiger partial charge in [0.1, 0.15) is 5.60 Å². The Kier molecular flexibility index (Phi) is 5.66. The van der Waals surface area contributed by atoms with Crippen molar-refractivity contribution in [2.75, 3.05) is 27.4 Å². The molecule has 1 amide bonds. The number of aliphatic hydroxyl groups is 1. The zero-order chi connectivity index (χ0) is 15.2. The number of benzene rings is 1. The average molecular weight is 281 g/mol. The summed E-state index contributed by atoms with van der Waals surface area (Å²) in [4.78, 5) is 23.1. The Morgan fingerprint density at radius 1 is 1.20 bits per heavy atom. The molecular weight excluding hydrogens is 262 g/mol. The van der Waals surface area contributed by atoms with Crippen LogP contribution >= 0.6 is 0 Å². The SMILES string of the molecule is COC[C@](C)(O)CNC(=O)c1ccc(C(=O)OC)cc1. The second kappa shape index (κ2) is 7.02. The fraction of sp³-hybridized carbons (Fsp3) is 0.429. The Morgan fingerprint density at radius 3 is 2.25 bits per heavy atom. The molecule has 0 radical (unpaired) electrons. The largest absolute Gasteiger partial charge is 0.465 e. The van der Waals surface area contributed by atoms with Crippen LogP contribution in [0.4, 0.5) is 0 Å². The number of rotatable bonds is 6. The van der Waals surface area contributed by atoms with Crippen LogP contribution < -0.4 is 5.32 Å². The van der Waals surface area contributed by atoms with Crippen LogP contribution in [0.1, 0.15) is 27.6 Å². The molecule has 2 N–H and O–H groups in total. The Hall–Kier alpha value is -1.92. The molecule has 1 rings (SSSR count). The molecule has 6 nitrogen and oxygen atoms in total. The second-order valence-corrected chi connectivity index (χ2v) is 4.68. The average Bonchev–Trinajstić information content (AvgIpc) is 2.44. The van der Waals surface area contributed by atoms with Gasteiger partial charge in [-0.25, -0.2) is 4.79 Å². The number of hydrogen-bond acceptors (Lipinski definition) is 5. The standard InChI is InChI=1S/C14H19NO5/c1-14(18,9-19-2)8-15-12(16)10-4-6-11(7-5-10)13(17)20-3/h4-7,18H,8-9H2,1-3H3,(H,15,16)/t14-/m1/s1. The summed E-state index contributed by atoms with van der Waals surface area (Å²) >= 11 is 0. The third-order valence-electron chi connectivity index (χ3n) is 2.65. The van der Waals surface area contributed by atoms with E-state index in [1.54, 1.807) is 6.92 Å². The molecule has 0 saturated heterocycles. The normalized spacial score (nSPS) is 13.4. The van der Waals surface area contributed by atoms with E-state index in [0.29, 0.717) is 11.1 Å². The van der Waals surface area contributed by atoms with Gasteiger partial charge in [0, 0.05) is 19.2 Å². The van der Waals surface area contributed by atoms with Gasteiger partial charge in [0.15, 0.2) is 0 Å². The van der Waals surface area contributed by atoms with Crippen molar-refractivity contribution in [1.82, 2.24) is 5.32 Å². The molecule has 20 heavy (non-hydrogen) atoms. The van der Waals surface area contributed by atoms with Crippen molar-refractivity contribution in [3.05, 3.63) is 35.4 Å². The Balaban J connectivity index is 2.62. The van der Waals surface area contributed by atoms with E-state index in [4.69, 9.17) is 4.74 Å². The van der Waals surface area contributed by atoms with Gasteiger partial charge in [-0.05, 0) is 31.2 Å². The molecule has 0 spiro atoms. The summed E-state index contributed by atoms with van der Waals surface area (Å²) in [5.74, 6) is -0.794. The number of amides is 1. The van der Waals surface area contributed by atoms with Crippen LogP contribution in [-0.4, -0.2) is 50.0 Å². The van der Waals surface area contributed by atoms with Gasteiger partial charge in [-0.1, -0.05) is 0 Å². The highest BCUT2D eigenvalue weighted by Gasteiger charge is 2.21. The maximum absolute atomic E-state index is 11.9. The first-order valence-corrected chi connectivity index (χ1v) is 6.07. The molecule has 1 aromatic carbocycles. The molecule has 0 saturated carbocycles. The monoisotopic (exact) mass is 281 g/mol. The van der Waals surface area contributed by atoms with Gasteiger partial charge in [-0.2, -0.15) is 0 Å². The van der Waals surface area contributed by atoms with E-state index in [1.165, 1.54) is 38.5 Å². The van der Waals surface area contributed by atoms with Crippen LogP contribution in [-0.2, 0) is 9.47 Å². The second-order valence-electron chi connectivity index (χ2n) is 4.68. The Morgan fingerprint density at radius 2 is 1.75 bits per heavy atom. The summed E-state index contributed by atoms with van der Waals surface area (Å²) in [6.45, 7) is 1.75. The third-order valence-corrected chi connectivity index (χ3v) is 2.65. The lowest BCUT2D eigenvalue weighted by Crippen LogP contribution is -2.43. The fourth-order valence-corrected chi connectivity index (χ4v) is 1.61. The lowest BCUT2D eigenvalue weighted by molar-refractivity contribution is -0.0147. The van der Waals surface area contributed by atoms with E-state index in [9.17, 15) is 14.7 Å². The molecule has 0 unspecified atom stereocenters. The zero-order valence-electron chi connectivity index (χ0n) is 11.8. The molecule has 6 heteroatoms. The first-order chi connectivity index (χ1) is 9.39. The minimum Gasteiger partial charge on any atom is -0.465 e. The molecule has 0 aliphatic carbocycles. The highest BCUT2D eigenvalue weighted by Crippen LogP contribution is 2.07. The van der Waals surface area contributed by atoms with E-state index in [1.807, 2.05) is 0 Å². The number of hydrogen-bond donors (Lipinski definition) is 2. The maximum Gasteiger partial charge on any atom is 0.337 e. The van der Waals surface area contributed by atoms with Crippen molar-refractivity contribution < 1.29 is 24.2 Å². The summed E-state index contributed by atoms with van der Waals surface area (Å²) in [6.07, 6.45) is 0. The predicted octanol–water partition coefficient (Wildman–Crippen LogP) is 0.600. The highest BCUT2D eigenvalue weighted by molar-refractivity contribution is 5.96. The zero-order valence-corrected chi connectivity index (χ0v) is 11.8. The number of ether oxygens (including phenoxy) is 2.